The number of benzene rings is 4. The number of hydrogen-bond donors (Lipinski definition) is 2. The number of hydrogen-bond acceptors (Lipinski definition) is 7. The zero-order valence-corrected chi connectivity index (χ0v) is 26.3. The smallest absolute Gasteiger partial charge is 0.271 e. The Morgan fingerprint density at radius 2 is 1.55 bits per heavy atom. The zero-order chi connectivity index (χ0) is 31.3. The Labute approximate surface area is 265 Å². The van der Waals surface area contributed by atoms with Crippen LogP contribution in [0.15, 0.2) is 94.5 Å². The van der Waals surface area contributed by atoms with Crippen LogP contribution in [0, 0.1) is 6.92 Å². The summed E-state index contributed by atoms with van der Waals surface area (Å²) in [5.74, 6) is 1.09. The van der Waals surface area contributed by atoms with Gasteiger partial charge in [-0.05, 0) is 90.3 Å². The van der Waals surface area contributed by atoms with E-state index in [4.69, 9.17) is 18.9 Å². The van der Waals surface area contributed by atoms with Gasteiger partial charge in [-0.1, -0.05) is 48.0 Å². The van der Waals surface area contributed by atoms with Crippen LogP contribution in [0.3, 0.4) is 0 Å². The minimum Gasteiger partial charge on any atom is -0.490 e. The van der Waals surface area contributed by atoms with Crippen molar-refractivity contribution < 1.29 is 28.5 Å². The Bertz CT molecular complexity index is 1590. The molecule has 4 aromatic rings. The maximum absolute atomic E-state index is 12.9. The van der Waals surface area contributed by atoms with Gasteiger partial charge in [0.2, 0.25) is 0 Å². The lowest BCUT2D eigenvalue weighted by Crippen LogP contribution is -2.20. The molecule has 2 N–H and O–H groups in total. The van der Waals surface area contributed by atoms with Gasteiger partial charge in [0.15, 0.2) is 29.6 Å². The van der Waals surface area contributed by atoms with Crippen LogP contribution >= 0.6 is 15.9 Å². The molecule has 0 spiro atoms. The molecule has 0 radical (unpaired) electrons. The van der Waals surface area contributed by atoms with Gasteiger partial charge in [-0.15, -0.1) is 0 Å². The average molecular weight is 661 g/mol. The van der Waals surface area contributed by atoms with E-state index in [-0.39, 0.29) is 12.5 Å². The highest BCUT2D eigenvalue weighted by Crippen LogP contribution is 2.36. The quantitative estimate of drug-likeness (QED) is 0.112. The summed E-state index contributed by atoms with van der Waals surface area (Å²) < 4.78 is 23.8. The lowest BCUT2D eigenvalue weighted by molar-refractivity contribution is -0.118. The fourth-order valence-electron chi connectivity index (χ4n) is 4.04. The first kappa shape index (κ1) is 32.1. The van der Waals surface area contributed by atoms with E-state index in [2.05, 4.69) is 31.8 Å². The number of nitrogens with one attached hydrogen (secondary N) is 2. The summed E-state index contributed by atoms with van der Waals surface area (Å²) in [5, 5.41) is 6.92. The number of hydrazone groups is 1. The summed E-state index contributed by atoms with van der Waals surface area (Å²) in [4.78, 5) is 25.3. The van der Waals surface area contributed by atoms with Crippen LogP contribution in [0.5, 0.6) is 23.0 Å². The Kier molecular flexibility index (Phi) is 11.8. The van der Waals surface area contributed by atoms with E-state index in [1.165, 1.54) is 6.21 Å². The first-order chi connectivity index (χ1) is 21.4. The van der Waals surface area contributed by atoms with Crippen LogP contribution < -0.4 is 29.7 Å². The molecule has 0 aliphatic carbocycles. The molecule has 0 unspecified atom stereocenters. The minimum absolute atomic E-state index is 0.212. The molecule has 0 fully saturated rings. The molecule has 0 aliphatic rings. The molecular weight excluding hydrogens is 626 g/mol. The normalized spacial score (nSPS) is 10.7. The van der Waals surface area contributed by atoms with Crippen LogP contribution in [0.4, 0.5) is 5.69 Å². The van der Waals surface area contributed by atoms with Crippen LogP contribution in [0.2, 0.25) is 0 Å². The molecule has 0 saturated heterocycles. The van der Waals surface area contributed by atoms with Crippen molar-refractivity contribution >= 4 is 39.6 Å². The third kappa shape index (κ3) is 9.34. The fourth-order valence-corrected chi connectivity index (χ4v) is 4.61. The second-order valence-electron chi connectivity index (χ2n) is 9.53. The summed E-state index contributed by atoms with van der Waals surface area (Å²) >= 11 is 3.50. The predicted molar refractivity (Wildman–Crippen MR) is 174 cm³/mol. The number of nitrogens with zero attached hydrogens (tertiary/aromatic N) is 1. The lowest BCUT2D eigenvalue weighted by Gasteiger charge is -2.14. The van der Waals surface area contributed by atoms with Gasteiger partial charge in [0.1, 0.15) is 6.61 Å². The Balaban J connectivity index is 1.38. The van der Waals surface area contributed by atoms with Gasteiger partial charge in [-0.25, -0.2) is 5.43 Å². The Morgan fingerprint density at radius 1 is 0.818 bits per heavy atom. The van der Waals surface area contributed by atoms with Gasteiger partial charge in [0.25, 0.3) is 11.8 Å². The van der Waals surface area contributed by atoms with Gasteiger partial charge in [0.05, 0.1) is 23.9 Å². The summed E-state index contributed by atoms with van der Waals surface area (Å²) in [6.45, 7) is 6.64. The van der Waals surface area contributed by atoms with Crippen LogP contribution in [-0.2, 0) is 11.4 Å². The Morgan fingerprint density at radius 3 is 2.27 bits per heavy atom. The van der Waals surface area contributed by atoms with E-state index in [0.717, 1.165) is 11.1 Å². The number of amides is 2. The van der Waals surface area contributed by atoms with E-state index in [1.54, 1.807) is 30.3 Å². The molecule has 4 rings (SSSR count). The summed E-state index contributed by atoms with van der Waals surface area (Å²) in [5.41, 5.74) is 6.34. The first-order valence-electron chi connectivity index (χ1n) is 14.1. The zero-order valence-electron chi connectivity index (χ0n) is 24.8. The van der Waals surface area contributed by atoms with Crippen molar-refractivity contribution in [2.75, 3.05) is 25.1 Å². The maximum Gasteiger partial charge on any atom is 0.271 e. The van der Waals surface area contributed by atoms with E-state index < -0.39 is 5.91 Å². The highest BCUT2D eigenvalue weighted by molar-refractivity contribution is 9.10. The van der Waals surface area contributed by atoms with Crippen molar-refractivity contribution in [1.82, 2.24) is 5.43 Å². The minimum atomic E-state index is -0.416. The molecule has 9 nitrogen and oxygen atoms in total. The number of carbonyl (C=O) groups excluding carboxylic acids is 2. The molecule has 0 aromatic heterocycles. The third-order valence-corrected chi connectivity index (χ3v) is 6.73. The van der Waals surface area contributed by atoms with E-state index in [9.17, 15) is 9.59 Å². The van der Waals surface area contributed by atoms with Gasteiger partial charge in [-0.3, -0.25) is 9.59 Å². The number of ether oxygens (including phenoxy) is 4. The summed E-state index contributed by atoms with van der Waals surface area (Å²) in [7, 11) is 0. The van der Waals surface area contributed by atoms with Gasteiger partial charge in [0, 0.05) is 11.3 Å². The molecule has 228 valence electrons. The second kappa shape index (κ2) is 16.1. The number of aryl methyl sites for hydroxylation is 1. The van der Waals surface area contributed by atoms with Gasteiger partial charge in [-0.2, -0.15) is 5.10 Å². The summed E-state index contributed by atoms with van der Waals surface area (Å²) in [6, 6.07) is 25.7. The molecule has 44 heavy (non-hydrogen) atoms. The van der Waals surface area contributed by atoms with Crippen molar-refractivity contribution in [1.29, 1.82) is 0 Å². The molecular formula is C34H34BrN3O6. The highest BCUT2D eigenvalue weighted by atomic mass is 79.9. The van der Waals surface area contributed by atoms with Crippen molar-refractivity contribution in [3.8, 4) is 23.0 Å². The van der Waals surface area contributed by atoms with Crippen LogP contribution in [0.25, 0.3) is 0 Å². The number of anilines is 1. The SMILES string of the molecule is CCOc1cc(C(=O)N/N=C/c2cc(Br)c(OCC(=O)Nc3ccc(C)cc3)c(OCC)c2)ccc1OCc1ccccc1. The molecule has 4 aromatic carbocycles. The maximum atomic E-state index is 12.9. The molecule has 0 aliphatic heterocycles. The van der Waals surface area contributed by atoms with E-state index >= 15 is 0 Å². The standard InChI is InChI=1S/C34H34BrN3O6/c1-4-41-30-19-26(13-16-29(30)43-21-24-9-7-6-8-10-24)34(40)38-36-20-25-17-28(35)33(31(18-25)42-5-2)44-22-32(39)37-27-14-11-23(3)12-15-27/h6-20H,4-5,21-22H2,1-3H3,(H,37,39)(H,38,40)/b36-20+. The van der Waals surface area contributed by atoms with E-state index in [0.29, 0.717) is 64.1 Å². The molecule has 0 saturated carbocycles. The van der Waals surface area contributed by atoms with Gasteiger partial charge >= 0.3 is 0 Å². The van der Waals surface area contributed by atoms with Crippen LogP contribution in [-0.4, -0.2) is 37.8 Å². The lowest BCUT2D eigenvalue weighted by atomic mass is 10.2. The molecule has 0 bridgehead atoms. The second-order valence-corrected chi connectivity index (χ2v) is 10.4. The molecule has 0 atom stereocenters. The Hall–Kier alpha value is -4.83. The molecule has 0 heterocycles. The number of halogens is 1. The summed E-state index contributed by atoms with van der Waals surface area (Å²) in [6.07, 6.45) is 1.49. The van der Waals surface area contributed by atoms with E-state index in [1.807, 2.05) is 75.4 Å². The highest BCUT2D eigenvalue weighted by Gasteiger charge is 2.15. The van der Waals surface area contributed by atoms with Crippen molar-refractivity contribution in [3.05, 3.63) is 112 Å². The molecule has 10 heteroatoms. The van der Waals surface area contributed by atoms with Gasteiger partial charge < -0.3 is 24.3 Å². The average Bonchev–Trinajstić information content (AvgIpc) is 3.02. The number of carbonyl (C=O) groups is 2. The van der Waals surface area contributed by atoms with Crippen molar-refractivity contribution in [2.24, 2.45) is 5.10 Å². The van der Waals surface area contributed by atoms with Crippen molar-refractivity contribution in [3.63, 3.8) is 0 Å². The number of rotatable bonds is 14. The first-order valence-corrected chi connectivity index (χ1v) is 14.9. The predicted octanol–water partition coefficient (Wildman–Crippen LogP) is 6.92. The monoisotopic (exact) mass is 659 g/mol. The molecule has 2 amide bonds. The largest absolute Gasteiger partial charge is 0.490 e. The topological polar surface area (TPSA) is 107 Å². The fraction of sp³-hybridized carbons (Fsp3) is 0.206. The van der Waals surface area contributed by atoms with Crippen LogP contribution in [0.1, 0.15) is 40.9 Å². The third-order valence-electron chi connectivity index (χ3n) is 6.14. The van der Waals surface area contributed by atoms with Crippen molar-refractivity contribution in [2.45, 2.75) is 27.4 Å².